The van der Waals surface area contributed by atoms with Crippen LogP contribution in [0, 0.1) is 0 Å². The number of hydrogen-bond donors (Lipinski definition) is 1. The summed E-state index contributed by atoms with van der Waals surface area (Å²) >= 11 is 3.35. The molecular formula is C16H14BrNO4. The Bertz CT molecular complexity index is 690. The molecule has 0 saturated heterocycles. The van der Waals surface area contributed by atoms with E-state index in [1.54, 1.807) is 30.3 Å². The summed E-state index contributed by atoms with van der Waals surface area (Å²) in [5.74, 6) is 1.72. The summed E-state index contributed by atoms with van der Waals surface area (Å²) in [6.45, 7) is 0.987. The van der Waals surface area contributed by atoms with Gasteiger partial charge in [0.1, 0.15) is 19.0 Å². The van der Waals surface area contributed by atoms with Crippen molar-refractivity contribution in [2.24, 2.45) is 0 Å². The Morgan fingerprint density at radius 2 is 1.95 bits per heavy atom. The highest BCUT2D eigenvalue weighted by molar-refractivity contribution is 9.10. The molecule has 0 unspecified atom stereocenters. The van der Waals surface area contributed by atoms with Gasteiger partial charge >= 0.3 is 0 Å². The molecule has 0 radical (unpaired) electrons. The Hall–Kier alpha value is -2.21. The molecule has 1 heterocycles. The topological polar surface area (TPSA) is 56.8 Å². The maximum atomic E-state index is 11.9. The molecule has 1 N–H and O–H groups in total. The van der Waals surface area contributed by atoms with E-state index < -0.39 is 0 Å². The van der Waals surface area contributed by atoms with E-state index in [9.17, 15) is 4.79 Å². The summed E-state index contributed by atoms with van der Waals surface area (Å²) in [5, 5.41) is 2.77. The summed E-state index contributed by atoms with van der Waals surface area (Å²) in [6.07, 6.45) is 0. The largest absolute Gasteiger partial charge is 0.486 e. The van der Waals surface area contributed by atoms with Crippen LogP contribution >= 0.6 is 15.9 Å². The quantitative estimate of drug-likeness (QED) is 0.905. The number of ether oxygens (including phenoxy) is 3. The molecule has 5 nitrogen and oxygen atoms in total. The minimum absolute atomic E-state index is 0.0646. The van der Waals surface area contributed by atoms with Gasteiger partial charge in [-0.25, -0.2) is 0 Å². The van der Waals surface area contributed by atoms with Crippen LogP contribution in [0.15, 0.2) is 46.9 Å². The van der Waals surface area contributed by atoms with Crippen molar-refractivity contribution in [3.63, 3.8) is 0 Å². The third-order valence-corrected chi connectivity index (χ3v) is 3.49. The zero-order valence-electron chi connectivity index (χ0n) is 11.7. The number of carbonyl (C=O) groups excluding carboxylic acids is 1. The predicted octanol–water partition coefficient (Wildman–Crippen LogP) is 3.24. The van der Waals surface area contributed by atoms with Crippen LogP contribution in [0.3, 0.4) is 0 Å². The smallest absolute Gasteiger partial charge is 0.262 e. The molecule has 0 bridgehead atoms. The zero-order chi connectivity index (χ0) is 15.4. The van der Waals surface area contributed by atoms with E-state index in [-0.39, 0.29) is 12.5 Å². The molecule has 0 aromatic heterocycles. The van der Waals surface area contributed by atoms with Crippen molar-refractivity contribution < 1.29 is 19.0 Å². The molecule has 1 aliphatic rings. The fourth-order valence-electron chi connectivity index (χ4n) is 2.02. The zero-order valence-corrected chi connectivity index (χ0v) is 13.3. The minimum Gasteiger partial charge on any atom is -0.486 e. The lowest BCUT2D eigenvalue weighted by Crippen LogP contribution is -2.20. The van der Waals surface area contributed by atoms with E-state index in [2.05, 4.69) is 21.2 Å². The molecular weight excluding hydrogens is 350 g/mol. The lowest BCUT2D eigenvalue weighted by molar-refractivity contribution is -0.118. The van der Waals surface area contributed by atoms with Gasteiger partial charge in [-0.15, -0.1) is 0 Å². The molecule has 114 valence electrons. The van der Waals surface area contributed by atoms with Crippen LogP contribution in [0.2, 0.25) is 0 Å². The van der Waals surface area contributed by atoms with Crippen LogP contribution in [0.1, 0.15) is 0 Å². The Morgan fingerprint density at radius 1 is 1.14 bits per heavy atom. The van der Waals surface area contributed by atoms with Gasteiger partial charge in [0.25, 0.3) is 5.91 Å². The molecule has 2 aromatic carbocycles. The van der Waals surface area contributed by atoms with Crippen LogP contribution in [0.25, 0.3) is 0 Å². The van der Waals surface area contributed by atoms with Gasteiger partial charge in [-0.1, -0.05) is 22.0 Å². The summed E-state index contributed by atoms with van der Waals surface area (Å²) in [4.78, 5) is 11.9. The third kappa shape index (κ3) is 3.71. The summed E-state index contributed by atoms with van der Waals surface area (Å²) < 4.78 is 17.2. The van der Waals surface area contributed by atoms with Gasteiger partial charge in [-0.2, -0.15) is 0 Å². The van der Waals surface area contributed by atoms with Gasteiger partial charge in [-0.3, -0.25) is 4.79 Å². The van der Waals surface area contributed by atoms with Crippen molar-refractivity contribution in [3.05, 3.63) is 46.9 Å². The van der Waals surface area contributed by atoms with E-state index in [0.717, 1.165) is 4.47 Å². The Labute approximate surface area is 136 Å². The number of fused-ring (bicyclic) bond motifs is 1. The number of rotatable bonds is 4. The Balaban J connectivity index is 1.57. The molecule has 2 aromatic rings. The number of hydrogen-bond acceptors (Lipinski definition) is 4. The number of nitrogens with one attached hydrogen (secondary N) is 1. The second-order valence-corrected chi connectivity index (χ2v) is 5.57. The SMILES string of the molecule is O=C(COc1cccc(Br)c1)Nc1ccc2c(c1)OCCO2. The minimum atomic E-state index is -0.239. The standard InChI is InChI=1S/C16H14BrNO4/c17-11-2-1-3-13(8-11)22-10-16(19)18-12-4-5-14-15(9-12)21-7-6-20-14/h1-5,8-9H,6-7,10H2,(H,18,19). The summed E-state index contributed by atoms with van der Waals surface area (Å²) in [5.41, 5.74) is 0.645. The van der Waals surface area contributed by atoms with Crippen molar-refractivity contribution >= 4 is 27.5 Å². The predicted molar refractivity (Wildman–Crippen MR) is 85.7 cm³/mol. The number of amides is 1. The second kappa shape index (κ2) is 6.70. The first-order valence-corrected chi connectivity index (χ1v) is 7.58. The lowest BCUT2D eigenvalue weighted by atomic mass is 10.2. The number of carbonyl (C=O) groups is 1. The maximum Gasteiger partial charge on any atom is 0.262 e. The summed E-state index contributed by atoms with van der Waals surface area (Å²) in [7, 11) is 0. The van der Waals surface area contributed by atoms with Gasteiger partial charge in [0.05, 0.1) is 0 Å². The summed E-state index contributed by atoms with van der Waals surface area (Å²) in [6, 6.07) is 12.6. The first-order chi connectivity index (χ1) is 10.7. The molecule has 0 aliphatic carbocycles. The first-order valence-electron chi connectivity index (χ1n) is 6.78. The van der Waals surface area contributed by atoms with Gasteiger partial charge in [0.2, 0.25) is 0 Å². The van der Waals surface area contributed by atoms with Crippen LogP contribution in [0.5, 0.6) is 17.2 Å². The Kier molecular flexibility index (Phi) is 4.48. The van der Waals surface area contributed by atoms with Crippen LogP contribution in [-0.4, -0.2) is 25.7 Å². The van der Waals surface area contributed by atoms with Gasteiger partial charge < -0.3 is 19.5 Å². The molecule has 1 aliphatic heterocycles. The van der Waals surface area contributed by atoms with Crippen molar-refractivity contribution in [2.75, 3.05) is 25.1 Å². The molecule has 0 saturated carbocycles. The Morgan fingerprint density at radius 3 is 2.77 bits per heavy atom. The molecule has 22 heavy (non-hydrogen) atoms. The number of anilines is 1. The van der Waals surface area contributed by atoms with Crippen LogP contribution in [0.4, 0.5) is 5.69 Å². The highest BCUT2D eigenvalue weighted by Crippen LogP contribution is 2.32. The van der Waals surface area contributed by atoms with Crippen molar-refractivity contribution in [1.29, 1.82) is 0 Å². The molecule has 0 spiro atoms. The van der Waals surface area contributed by atoms with E-state index in [1.165, 1.54) is 0 Å². The van der Waals surface area contributed by atoms with Crippen molar-refractivity contribution in [3.8, 4) is 17.2 Å². The normalized spacial score (nSPS) is 12.6. The van der Waals surface area contributed by atoms with Gasteiger partial charge in [0, 0.05) is 16.2 Å². The molecule has 3 rings (SSSR count). The van der Waals surface area contributed by atoms with E-state index >= 15 is 0 Å². The molecule has 6 heteroatoms. The second-order valence-electron chi connectivity index (χ2n) is 4.65. The average molecular weight is 364 g/mol. The lowest BCUT2D eigenvalue weighted by Gasteiger charge is -2.19. The number of halogens is 1. The average Bonchev–Trinajstić information content (AvgIpc) is 2.53. The number of benzene rings is 2. The van der Waals surface area contributed by atoms with E-state index in [1.807, 2.05) is 12.1 Å². The maximum absolute atomic E-state index is 11.9. The molecule has 1 amide bonds. The monoisotopic (exact) mass is 363 g/mol. The first kappa shape index (κ1) is 14.7. The molecule has 0 atom stereocenters. The highest BCUT2D eigenvalue weighted by Gasteiger charge is 2.13. The van der Waals surface area contributed by atoms with Gasteiger partial charge in [-0.05, 0) is 30.3 Å². The molecule has 0 fully saturated rings. The van der Waals surface area contributed by atoms with E-state index in [0.29, 0.717) is 36.1 Å². The van der Waals surface area contributed by atoms with Crippen molar-refractivity contribution in [2.45, 2.75) is 0 Å². The van der Waals surface area contributed by atoms with Crippen LogP contribution < -0.4 is 19.5 Å². The van der Waals surface area contributed by atoms with Crippen molar-refractivity contribution in [1.82, 2.24) is 0 Å². The third-order valence-electron chi connectivity index (χ3n) is 2.99. The van der Waals surface area contributed by atoms with Gasteiger partial charge in [0.15, 0.2) is 18.1 Å². The van der Waals surface area contributed by atoms with E-state index in [4.69, 9.17) is 14.2 Å². The van der Waals surface area contributed by atoms with Crippen LogP contribution in [-0.2, 0) is 4.79 Å². The highest BCUT2D eigenvalue weighted by atomic mass is 79.9. The fraction of sp³-hybridized carbons (Fsp3) is 0.188. The fourth-order valence-corrected chi connectivity index (χ4v) is 2.40.